The SMILES string of the molecule is N#CC1(C(=O)N2CCC[C@@H](c3nn(-c4ccc(C(=O)Nc5cc(C(F)(F)F)ccn5)cc4)c4c(N)nccc34)C2)CC1. The zero-order chi connectivity index (χ0) is 29.6. The molecule has 214 valence electrons. The van der Waals surface area contributed by atoms with Crippen molar-refractivity contribution in [2.75, 3.05) is 24.1 Å². The van der Waals surface area contributed by atoms with Crippen LogP contribution in [0.1, 0.15) is 53.2 Å². The van der Waals surface area contributed by atoms with Crippen molar-refractivity contribution in [2.24, 2.45) is 5.41 Å². The number of amides is 2. The van der Waals surface area contributed by atoms with E-state index < -0.39 is 23.1 Å². The van der Waals surface area contributed by atoms with Crippen molar-refractivity contribution in [1.82, 2.24) is 24.6 Å². The normalized spacial score (nSPS) is 18.0. The number of rotatable bonds is 5. The van der Waals surface area contributed by atoms with Crippen LogP contribution in [0.4, 0.5) is 24.8 Å². The third-order valence-corrected chi connectivity index (χ3v) is 7.82. The lowest BCUT2D eigenvalue weighted by Gasteiger charge is -2.33. The smallest absolute Gasteiger partial charge is 0.382 e. The molecule has 4 aromatic rings. The molecule has 0 unspecified atom stereocenters. The highest BCUT2D eigenvalue weighted by atomic mass is 19.4. The minimum Gasteiger partial charge on any atom is -0.382 e. The summed E-state index contributed by atoms with van der Waals surface area (Å²) < 4.78 is 40.7. The van der Waals surface area contributed by atoms with E-state index in [1.165, 1.54) is 12.1 Å². The highest BCUT2D eigenvalue weighted by Crippen LogP contribution is 2.47. The molecule has 2 aliphatic rings. The number of pyridine rings is 2. The van der Waals surface area contributed by atoms with Crippen LogP contribution in [-0.4, -0.2) is 49.6 Å². The summed E-state index contributed by atoms with van der Waals surface area (Å²) in [5.41, 5.74) is 6.61. The van der Waals surface area contributed by atoms with E-state index in [0.717, 1.165) is 42.3 Å². The lowest BCUT2D eigenvalue weighted by molar-refractivity contribution is -0.137. The average molecular weight is 575 g/mol. The van der Waals surface area contributed by atoms with Gasteiger partial charge in [0, 0.05) is 42.4 Å². The minimum atomic E-state index is -4.56. The number of nitrogen functional groups attached to an aromatic ring is 1. The molecule has 13 heteroatoms. The Balaban J connectivity index is 1.27. The monoisotopic (exact) mass is 574 g/mol. The van der Waals surface area contributed by atoms with Crippen LogP contribution in [0.5, 0.6) is 0 Å². The van der Waals surface area contributed by atoms with Crippen molar-refractivity contribution in [2.45, 2.75) is 37.8 Å². The second-order valence-corrected chi connectivity index (χ2v) is 10.6. The fourth-order valence-electron chi connectivity index (χ4n) is 5.40. The summed E-state index contributed by atoms with van der Waals surface area (Å²) in [6.07, 6.45) is 0.783. The highest BCUT2D eigenvalue weighted by molar-refractivity contribution is 6.04. The standard InChI is InChI=1S/C29H25F3N8O2/c30-29(31,32)19-7-11-35-22(14-19)37-26(41)17-3-5-20(6-4-17)40-24-21(8-12-36-25(24)34)23(38-40)18-2-1-13-39(15-18)27(42)28(16-33)9-10-28/h3-8,11-12,14,18H,1-2,9-10,13,15H2,(H2,34,36)(H,35,37,41)/t18-/m1/s1. The Hall–Kier alpha value is -4.99. The Morgan fingerprint density at radius 2 is 1.83 bits per heavy atom. The van der Waals surface area contributed by atoms with E-state index in [-0.39, 0.29) is 29.0 Å². The molecule has 0 radical (unpaired) electrons. The molecule has 1 saturated heterocycles. The number of fused-ring (bicyclic) bond motifs is 1. The van der Waals surface area contributed by atoms with Gasteiger partial charge in [0.25, 0.3) is 5.91 Å². The Morgan fingerprint density at radius 1 is 1.10 bits per heavy atom. The molecule has 3 aromatic heterocycles. The number of anilines is 2. The maximum Gasteiger partial charge on any atom is 0.416 e. The van der Waals surface area contributed by atoms with Gasteiger partial charge in [0.15, 0.2) is 0 Å². The topological polar surface area (TPSA) is 143 Å². The summed E-state index contributed by atoms with van der Waals surface area (Å²) in [5, 5.41) is 17.6. The van der Waals surface area contributed by atoms with Crippen LogP contribution in [-0.2, 0) is 11.0 Å². The molecule has 4 heterocycles. The zero-order valence-electron chi connectivity index (χ0n) is 22.2. The fourth-order valence-corrected chi connectivity index (χ4v) is 5.40. The van der Waals surface area contributed by atoms with Crippen molar-refractivity contribution in [1.29, 1.82) is 5.26 Å². The number of nitrogens with two attached hydrogens (primary N) is 1. The van der Waals surface area contributed by atoms with Gasteiger partial charge in [-0.15, -0.1) is 0 Å². The highest BCUT2D eigenvalue weighted by Gasteiger charge is 2.53. The molecule has 2 fully saturated rings. The number of halogens is 3. The summed E-state index contributed by atoms with van der Waals surface area (Å²) in [4.78, 5) is 35.6. The van der Waals surface area contributed by atoms with Gasteiger partial charge in [0.05, 0.1) is 23.0 Å². The average Bonchev–Trinajstić information content (AvgIpc) is 3.69. The maximum absolute atomic E-state index is 13.1. The predicted molar refractivity (Wildman–Crippen MR) is 146 cm³/mol. The van der Waals surface area contributed by atoms with Crippen LogP contribution in [0.3, 0.4) is 0 Å². The van der Waals surface area contributed by atoms with E-state index in [2.05, 4.69) is 21.4 Å². The molecule has 10 nitrogen and oxygen atoms in total. The van der Waals surface area contributed by atoms with E-state index in [1.807, 2.05) is 6.07 Å². The van der Waals surface area contributed by atoms with Crippen molar-refractivity contribution >= 4 is 34.4 Å². The van der Waals surface area contributed by atoms with Crippen molar-refractivity contribution in [3.05, 3.63) is 71.7 Å². The molecule has 1 aromatic carbocycles. The number of carbonyl (C=O) groups excluding carboxylic acids is 2. The van der Waals surface area contributed by atoms with Crippen molar-refractivity contribution < 1.29 is 22.8 Å². The van der Waals surface area contributed by atoms with E-state index in [0.29, 0.717) is 37.1 Å². The first-order chi connectivity index (χ1) is 20.1. The van der Waals surface area contributed by atoms with Gasteiger partial charge < -0.3 is 16.0 Å². The number of likely N-dealkylation sites (tertiary alicyclic amines) is 1. The van der Waals surface area contributed by atoms with Crippen LogP contribution in [0, 0.1) is 16.7 Å². The number of nitriles is 1. The minimum absolute atomic E-state index is 0.0762. The summed E-state index contributed by atoms with van der Waals surface area (Å²) in [6.45, 7) is 1.04. The number of benzene rings is 1. The summed E-state index contributed by atoms with van der Waals surface area (Å²) in [6, 6.07) is 12.0. The summed E-state index contributed by atoms with van der Waals surface area (Å²) in [7, 11) is 0. The van der Waals surface area contributed by atoms with Crippen LogP contribution >= 0.6 is 0 Å². The summed E-state index contributed by atoms with van der Waals surface area (Å²) in [5.74, 6) is -0.781. The van der Waals surface area contributed by atoms with E-state index in [1.54, 1.807) is 27.9 Å². The quantitative estimate of drug-likeness (QED) is 0.352. The van der Waals surface area contributed by atoms with Crippen LogP contribution < -0.4 is 11.1 Å². The Bertz CT molecular complexity index is 1740. The van der Waals surface area contributed by atoms with E-state index >= 15 is 0 Å². The molecule has 42 heavy (non-hydrogen) atoms. The van der Waals surface area contributed by atoms with Gasteiger partial charge in [-0.25, -0.2) is 14.6 Å². The third kappa shape index (κ3) is 4.89. The number of nitrogens with zero attached hydrogens (tertiary/aromatic N) is 6. The molecule has 6 rings (SSSR count). The van der Waals surface area contributed by atoms with Gasteiger partial charge in [-0.05, 0) is 68.1 Å². The molecule has 2 amide bonds. The second-order valence-electron chi connectivity index (χ2n) is 10.6. The molecular weight excluding hydrogens is 549 g/mol. The Labute approximate surface area is 238 Å². The van der Waals surface area contributed by atoms with Gasteiger partial charge in [-0.3, -0.25) is 9.59 Å². The van der Waals surface area contributed by atoms with Gasteiger partial charge in [0.2, 0.25) is 5.91 Å². The van der Waals surface area contributed by atoms with E-state index in [9.17, 15) is 28.0 Å². The number of nitrogens with one attached hydrogen (secondary N) is 1. The van der Waals surface area contributed by atoms with E-state index in [4.69, 9.17) is 10.8 Å². The molecule has 0 spiro atoms. The second kappa shape index (κ2) is 10.1. The molecule has 1 saturated carbocycles. The van der Waals surface area contributed by atoms with Crippen LogP contribution in [0.2, 0.25) is 0 Å². The first-order valence-corrected chi connectivity index (χ1v) is 13.4. The van der Waals surface area contributed by atoms with Crippen LogP contribution in [0.15, 0.2) is 54.9 Å². The first kappa shape index (κ1) is 27.2. The largest absolute Gasteiger partial charge is 0.416 e. The fraction of sp³-hybridized carbons (Fsp3) is 0.310. The Kier molecular flexibility index (Phi) is 6.56. The number of aromatic nitrogens is 4. The van der Waals surface area contributed by atoms with Crippen molar-refractivity contribution in [3.8, 4) is 11.8 Å². The molecular formula is C29H25F3N8O2. The lowest BCUT2D eigenvalue weighted by atomic mass is 9.92. The maximum atomic E-state index is 13.1. The first-order valence-electron chi connectivity index (χ1n) is 13.4. The number of hydrogen-bond acceptors (Lipinski definition) is 7. The molecule has 3 N–H and O–H groups in total. The van der Waals surface area contributed by atoms with Gasteiger partial charge in [-0.2, -0.15) is 23.5 Å². The molecule has 1 aliphatic heterocycles. The number of carbonyl (C=O) groups is 2. The number of hydrogen-bond donors (Lipinski definition) is 2. The predicted octanol–water partition coefficient (Wildman–Crippen LogP) is 4.68. The summed E-state index contributed by atoms with van der Waals surface area (Å²) >= 11 is 0. The third-order valence-electron chi connectivity index (χ3n) is 7.82. The lowest BCUT2D eigenvalue weighted by Crippen LogP contribution is -2.43. The Morgan fingerprint density at radius 3 is 2.52 bits per heavy atom. The van der Waals surface area contributed by atoms with Gasteiger partial charge >= 0.3 is 6.18 Å². The van der Waals surface area contributed by atoms with Gasteiger partial charge in [-0.1, -0.05) is 0 Å². The molecule has 0 bridgehead atoms. The molecule has 1 aliphatic carbocycles. The van der Waals surface area contributed by atoms with Crippen LogP contribution in [0.25, 0.3) is 16.6 Å². The van der Waals surface area contributed by atoms with Gasteiger partial charge in [0.1, 0.15) is 22.6 Å². The number of piperidine rings is 1. The zero-order valence-corrected chi connectivity index (χ0v) is 22.2. The van der Waals surface area contributed by atoms with Crippen molar-refractivity contribution in [3.63, 3.8) is 0 Å². The molecule has 1 atom stereocenters. The number of alkyl halides is 3.